The van der Waals surface area contributed by atoms with E-state index < -0.39 is 5.79 Å². The van der Waals surface area contributed by atoms with Gasteiger partial charge in [-0.05, 0) is 19.9 Å². The SMILES string of the molecule is CC1(C)OCC(CNCc2cccc3c2OCCCO3)O1. The van der Waals surface area contributed by atoms with Gasteiger partial charge in [-0.15, -0.1) is 0 Å². The molecule has 1 N–H and O–H groups in total. The van der Waals surface area contributed by atoms with E-state index in [9.17, 15) is 0 Å². The smallest absolute Gasteiger partial charge is 0.165 e. The Labute approximate surface area is 125 Å². The van der Waals surface area contributed by atoms with Crippen LogP contribution in [0.4, 0.5) is 0 Å². The second kappa shape index (κ2) is 6.22. The number of fused-ring (bicyclic) bond motifs is 1. The van der Waals surface area contributed by atoms with E-state index in [0.29, 0.717) is 19.8 Å². The van der Waals surface area contributed by atoms with Crippen LogP contribution in [0.25, 0.3) is 0 Å². The third kappa shape index (κ3) is 3.67. The van der Waals surface area contributed by atoms with Crippen molar-refractivity contribution < 1.29 is 18.9 Å². The van der Waals surface area contributed by atoms with E-state index in [0.717, 1.165) is 36.6 Å². The van der Waals surface area contributed by atoms with Crippen LogP contribution in [0.2, 0.25) is 0 Å². The van der Waals surface area contributed by atoms with Gasteiger partial charge < -0.3 is 24.3 Å². The van der Waals surface area contributed by atoms with Gasteiger partial charge in [0, 0.05) is 25.1 Å². The fourth-order valence-electron chi connectivity index (χ4n) is 2.62. The molecule has 1 aromatic carbocycles. The van der Waals surface area contributed by atoms with Gasteiger partial charge in [0.2, 0.25) is 0 Å². The molecule has 0 amide bonds. The number of nitrogens with one attached hydrogen (secondary N) is 1. The molecule has 116 valence electrons. The van der Waals surface area contributed by atoms with Crippen molar-refractivity contribution in [3.8, 4) is 11.5 Å². The van der Waals surface area contributed by atoms with E-state index in [2.05, 4.69) is 11.4 Å². The van der Waals surface area contributed by atoms with Gasteiger partial charge in [-0.1, -0.05) is 12.1 Å². The third-order valence-corrected chi connectivity index (χ3v) is 3.61. The van der Waals surface area contributed by atoms with Crippen molar-refractivity contribution in [1.29, 1.82) is 0 Å². The summed E-state index contributed by atoms with van der Waals surface area (Å²) in [7, 11) is 0. The van der Waals surface area contributed by atoms with E-state index in [4.69, 9.17) is 18.9 Å². The molecule has 0 aromatic heterocycles. The van der Waals surface area contributed by atoms with Gasteiger partial charge in [0.05, 0.1) is 25.9 Å². The van der Waals surface area contributed by atoms with Crippen LogP contribution in [0, 0.1) is 0 Å². The summed E-state index contributed by atoms with van der Waals surface area (Å²) in [5, 5.41) is 3.41. The molecule has 1 fully saturated rings. The quantitative estimate of drug-likeness (QED) is 0.921. The minimum absolute atomic E-state index is 0.0967. The Balaban J connectivity index is 1.56. The normalized spacial score (nSPS) is 23.8. The summed E-state index contributed by atoms with van der Waals surface area (Å²) in [5.41, 5.74) is 1.12. The first-order valence-corrected chi connectivity index (χ1v) is 7.54. The summed E-state index contributed by atoms with van der Waals surface area (Å²) in [6, 6.07) is 6.03. The first-order valence-electron chi connectivity index (χ1n) is 7.54. The number of ether oxygens (including phenoxy) is 4. The Morgan fingerprint density at radius 1 is 1.24 bits per heavy atom. The lowest BCUT2D eigenvalue weighted by Gasteiger charge is -2.18. The number of hydrogen-bond donors (Lipinski definition) is 1. The summed E-state index contributed by atoms with van der Waals surface area (Å²) in [5.74, 6) is 1.24. The van der Waals surface area contributed by atoms with Crippen LogP contribution < -0.4 is 14.8 Å². The maximum Gasteiger partial charge on any atom is 0.165 e. The molecule has 0 bridgehead atoms. The average molecular weight is 293 g/mol. The van der Waals surface area contributed by atoms with Crippen molar-refractivity contribution >= 4 is 0 Å². The lowest BCUT2D eigenvalue weighted by atomic mass is 10.2. The Hall–Kier alpha value is -1.30. The first-order chi connectivity index (χ1) is 10.1. The van der Waals surface area contributed by atoms with Gasteiger partial charge in [0.25, 0.3) is 0 Å². The lowest BCUT2D eigenvalue weighted by molar-refractivity contribution is -0.137. The van der Waals surface area contributed by atoms with E-state index in [1.165, 1.54) is 0 Å². The van der Waals surface area contributed by atoms with Crippen LogP contribution in [0.3, 0.4) is 0 Å². The number of benzene rings is 1. The summed E-state index contributed by atoms with van der Waals surface area (Å²) in [4.78, 5) is 0. The average Bonchev–Trinajstić information content (AvgIpc) is 2.66. The Morgan fingerprint density at radius 3 is 2.90 bits per heavy atom. The molecule has 2 aliphatic heterocycles. The third-order valence-electron chi connectivity index (χ3n) is 3.61. The highest BCUT2D eigenvalue weighted by Crippen LogP contribution is 2.33. The van der Waals surface area contributed by atoms with Crippen LogP contribution in [-0.2, 0) is 16.0 Å². The molecule has 2 aliphatic rings. The number of rotatable bonds is 4. The highest BCUT2D eigenvalue weighted by molar-refractivity contribution is 5.47. The second-order valence-electron chi connectivity index (χ2n) is 5.88. The molecule has 2 heterocycles. The minimum atomic E-state index is -0.465. The lowest BCUT2D eigenvalue weighted by Crippen LogP contribution is -2.30. The van der Waals surface area contributed by atoms with Crippen LogP contribution in [0.5, 0.6) is 11.5 Å². The molecule has 1 saturated heterocycles. The van der Waals surface area contributed by atoms with Gasteiger partial charge >= 0.3 is 0 Å². The molecular weight excluding hydrogens is 270 g/mol. The van der Waals surface area contributed by atoms with Crippen LogP contribution in [0.15, 0.2) is 18.2 Å². The molecule has 5 heteroatoms. The molecule has 0 saturated carbocycles. The molecule has 1 atom stereocenters. The fourth-order valence-corrected chi connectivity index (χ4v) is 2.62. The molecule has 0 radical (unpaired) electrons. The minimum Gasteiger partial charge on any atom is -0.490 e. The largest absolute Gasteiger partial charge is 0.490 e. The van der Waals surface area contributed by atoms with Gasteiger partial charge in [-0.2, -0.15) is 0 Å². The summed E-state index contributed by atoms with van der Waals surface area (Å²) >= 11 is 0. The second-order valence-corrected chi connectivity index (χ2v) is 5.88. The van der Waals surface area contributed by atoms with Gasteiger partial charge in [0.1, 0.15) is 0 Å². The van der Waals surface area contributed by atoms with Crippen molar-refractivity contribution in [3.63, 3.8) is 0 Å². The van der Waals surface area contributed by atoms with E-state index in [-0.39, 0.29) is 6.10 Å². The van der Waals surface area contributed by atoms with Crippen LogP contribution in [-0.4, -0.2) is 38.3 Å². The van der Waals surface area contributed by atoms with E-state index in [1.54, 1.807) is 0 Å². The zero-order valence-corrected chi connectivity index (χ0v) is 12.7. The Bertz CT molecular complexity index is 489. The predicted molar refractivity (Wildman–Crippen MR) is 78.7 cm³/mol. The zero-order valence-electron chi connectivity index (χ0n) is 12.7. The summed E-state index contributed by atoms with van der Waals surface area (Å²) < 4.78 is 22.8. The fraction of sp³-hybridized carbons (Fsp3) is 0.625. The molecule has 21 heavy (non-hydrogen) atoms. The monoisotopic (exact) mass is 293 g/mol. The predicted octanol–water partition coefficient (Wildman–Crippen LogP) is 2.09. The van der Waals surface area contributed by atoms with E-state index in [1.807, 2.05) is 26.0 Å². The molecule has 1 unspecified atom stereocenters. The molecule has 5 nitrogen and oxygen atoms in total. The zero-order chi connectivity index (χ0) is 14.7. The van der Waals surface area contributed by atoms with E-state index >= 15 is 0 Å². The summed E-state index contributed by atoms with van der Waals surface area (Å²) in [6.45, 7) is 7.42. The molecule has 0 spiro atoms. The Morgan fingerprint density at radius 2 is 2.10 bits per heavy atom. The molecular formula is C16H23NO4. The van der Waals surface area contributed by atoms with Crippen LogP contribution >= 0.6 is 0 Å². The van der Waals surface area contributed by atoms with Crippen molar-refractivity contribution in [2.75, 3.05) is 26.4 Å². The highest BCUT2D eigenvalue weighted by atomic mass is 16.7. The number of hydrogen-bond acceptors (Lipinski definition) is 5. The first kappa shape index (κ1) is 14.6. The van der Waals surface area contributed by atoms with Gasteiger partial charge in [0.15, 0.2) is 17.3 Å². The topological polar surface area (TPSA) is 49.0 Å². The van der Waals surface area contributed by atoms with Crippen molar-refractivity contribution in [2.45, 2.75) is 38.7 Å². The van der Waals surface area contributed by atoms with Gasteiger partial charge in [-0.3, -0.25) is 0 Å². The van der Waals surface area contributed by atoms with Crippen molar-refractivity contribution in [1.82, 2.24) is 5.32 Å². The standard InChI is InChI=1S/C16H23NO4/c1-16(2)20-11-13(21-16)10-17-9-12-5-3-6-14-15(12)19-8-4-7-18-14/h3,5-6,13,17H,4,7-11H2,1-2H3. The Kier molecular flexibility index (Phi) is 4.33. The highest BCUT2D eigenvalue weighted by Gasteiger charge is 2.32. The number of para-hydroxylation sites is 1. The van der Waals surface area contributed by atoms with Crippen molar-refractivity contribution in [3.05, 3.63) is 23.8 Å². The van der Waals surface area contributed by atoms with Crippen molar-refractivity contribution in [2.24, 2.45) is 0 Å². The molecule has 1 aromatic rings. The summed E-state index contributed by atoms with van der Waals surface area (Å²) in [6.07, 6.45) is 1.02. The molecule has 0 aliphatic carbocycles. The van der Waals surface area contributed by atoms with Gasteiger partial charge in [-0.25, -0.2) is 0 Å². The maximum atomic E-state index is 5.81. The van der Waals surface area contributed by atoms with Crippen LogP contribution in [0.1, 0.15) is 25.8 Å². The maximum absolute atomic E-state index is 5.81. The molecule has 3 rings (SSSR count).